The maximum absolute atomic E-state index is 4.44. The Balaban J connectivity index is 1.59. The summed E-state index contributed by atoms with van der Waals surface area (Å²) in [6.07, 6.45) is 11.8. The SMILES string of the molecule is c1ncc(-c2cncc(N3CCN4CCCC(C4)C3)c2)cn1. The van der Waals surface area contributed by atoms with Crippen molar-refractivity contribution < 1.29 is 0 Å². The van der Waals surface area contributed by atoms with Crippen molar-refractivity contribution in [3.8, 4) is 11.1 Å². The van der Waals surface area contributed by atoms with Crippen molar-refractivity contribution in [1.29, 1.82) is 0 Å². The lowest BCUT2D eigenvalue weighted by molar-refractivity contribution is 0.201. The summed E-state index contributed by atoms with van der Waals surface area (Å²) in [7, 11) is 0. The lowest BCUT2D eigenvalue weighted by atomic mass is 9.98. The highest BCUT2D eigenvalue weighted by molar-refractivity contribution is 5.65. The zero-order chi connectivity index (χ0) is 14.8. The first kappa shape index (κ1) is 13.6. The van der Waals surface area contributed by atoms with Crippen LogP contribution in [0.4, 0.5) is 5.69 Å². The highest BCUT2D eigenvalue weighted by atomic mass is 15.2. The zero-order valence-corrected chi connectivity index (χ0v) is 12.7. The number of hydrogen-bond acceptors (Lipinski definition) is 5. The van der Waals surface area contributed by atoms with Crippen LogP contribution in [-0.4, -0.2) is 52.6 Å². The Bertz CT molecular complexity index is 630. The van der Waals surface area contributed by atoms with E-state index in [0.29, 0.717) is 0 Å². The summed E-state index contributed by atoms with van der Waals surface area (Å²) in [5.41, 5.74) is 3.33. The summed E-state index contributed by atoms with van der Waals surface area (Å²) >= 11 is 0. The topological polar surface area (TPSA) is 45.2 Å². The molecule has 5 nitrogen and oxygen atoms in total. The van der Waals surface area contributed by atoms with E-state index in [9.17, 15) is 0 Å². The highest BCUT2D eigenvalue weighted by Crippen LogP contribution is 2.27. The molecule has 4 heterocycles. The lowest BCUT2D eigenvalue weighted by Crippen LogP contribution is -2.35. The molecule has 0 radical (unpaired) electrons. The molecule has 2 aromatic heterocycles. The minimum absolute atomic E-state index is 0.792. The van der Waals surface area contributed by atoms with Crippen LogP contribution in [0.25, 0.3) is 11.1 Å². The number of anilines is 1. The van der Waals surface area contributed by atoms with Gasteiger partial charge in [0, 0.05) is 55.9 Å². The summed E-state index contributed by atoms with van der Waals surface area (Å²) in [4.78, 5) is 17.8. The number of piperidine rings is 1. The van der Waals surface area contributed by atoms with Crippen LogP contribution in [0.1, 0.15) is 12.8 Å². The molecular weight excluding hydrogens is 274 g/mol. The minimum atomic E-state index is 0.792. The Morgan fingerprint density at radius 2 is 1.73 bits per heavy atom. The molecule has 22 heavy (non-hydrogen) atoms. The van der Waals surface area contributed by atoms with Crippen molar-refractivity contribution in [3.05, 3.63) is 37.2 Å². The fourth-order valence-corrected chi connectivity index (χ4v) is 3.61. The summed E-state index contributed by atoms with van der Waals surface area (Å²) in [5.74, 6) is 0.792. The number of aromatic nitrogens is 3. The van der Waals surface area contributed by atoms with Gasteiger partial charge < -0.3 is 9.80 Å². The molecule has 4 rings (SSSR count). The van der Waals surface area contributed by atoms with Gasteiger partial charge in [-0.3, -0.25) is 4.98 Å². The van der Waals surface area contributed by atoms with Gasteiger partial charge in [0.05, 0.1) is 11.9 Å². The number of hydrogen-bond donors (Lipinski definition) is 0. The van der Waals surface area contributed by atoms with E-state index >= 15 is 0 Å². The molecule has 0 N–H and O–H groups in total. The van der Waals surface area contributed by atoms with Crippen LogP contribution in [0.5, 0.6) is 0 Å². The first-order valence-electron chi connectivity index (χ1n) is 8.06. The van der Waals surface area contributed by atoms with E-state index in [1.807, 2.05) is 24.8 Å². The Kier molecular flexibility index (Phi) is 3.72. The molecule has 2 aromatic rings. The van der Waals surface area contributed by atoms with Crippen LogP contribution >= 0.6 is 0 Å². The summed E-state index contributed by atoms with van der Waals surface area (Å²) in [6.45, 7) is 5.93. The van der Waals surface area contributed by atoms with Crippen LogP contribution in [0.15, 0.2) is 37.2 Å². The van der Waals surface area contributed by atoms with E-state index in [0.717, 1.165) is 36.7 Å². The van der Waals surface area contributed by atoms with Gasteiger partial charge in [0.15, 0.2) is 0 Å². The number of fused-ring (bicyclic) bond motifs is 2. The third-order valence-corrected chi connectivity index (χ3v) is 4.75. The lowest BCUT2D eigenvalue weighted by Gasteiger charge is -2.29. The van der Waals surface area contributed by atoms with Crippen molar-refractivity contribution in [2.75, 3.05) is 37.6 Å². The quantitative estimate of drug-likeness (QED) is 0.848. The highest BCUT2D eigenvalue weighted by Gasteiger charge is 2.26. The molecule has 114 valence electrons. The molecule has 2 saturated heterocycles. The van der Waals surface area contributed by atoms with E-state index < -0.39 is 0 Å². The van der Waals surface area contributed by atoms with E-state index in [4.69, 9.17) is 0 Å². The molecule has 2 fully saturated rings. The summed E-state index contributed by atoms with van der Waals surface area (Å²) < 4.78 is 0. The van der Waals surface area contributed by atoms with Gasteiger partial charge >= 0.3 is 0 Å². The molecule has 0 saturated carbocycles. The Labute approximate surface area is 131 Å². The summed E-state index contributed by atoms with van der Waals surface area (Å²) in [5, 5.41) is 0. The fraction of sp³-hybridized carbons (Fsp3) is 0.471. The van der Waals surface area contributed by atoms with Crippen molar-refractivity contribution in [3.63, 3.8) is 0 Å². The van der Waals surface area contributed by atoms with E-state index in [1.54, 1.807) is 6.33 Å². The van der Waals surface area contributed by atoms with Gasteiger partial charge in [-0.2, -0.15) is 0 Å². The van der Waals surface area contributed by atoms with Gasteiger partial charge in [0.25, 0.3) is 0 Å². The smallest absolute Gasteiger partial charge is 0.115 e. The predicted molar refractivity (Wildman–Crippen MR) is 86.6 cm³/mol. The molecule has 0 aromatic carbocycles. The van der Waals surface area contributed by atoms with Gasteiger partial charge in [-0.1, -0.05) is 0 Å². The van der Waals surface area contributed by atoms with Crippen LogP contribution in [-0.2, 0) is 0 Å². The monoisotopic (exact) mass is 295 g/mol. The van der Waals surface area contributed by atoms with Crippen LogP contribution < -0.4 is 4.90 Å². The Morgan fingerprint density at radius 1 is 0.864 bits per heavy atom. The fourth-order valence-electron chi connectivity index (χ4n) is 3.61. The van der Waals surface area contributed by atoms with E-state index in [1.165, 1.54) is 31.6 Å². The second-order valence-corrected chi connectivity index (χ2v) is 6.31. The van der Waals surface area contributed by atoms with Crippen LogP contribution in [0.3, 0.4) is 0 Å². The van der Waals surface area contributed by atoms with Crippen molar-refractivity contribution >= 4 is 5.69 Å². The Hall–Kier alpha value is -2.01. The molecular formula is C17H21N5. The van der Waals surface area contributed by atoms with E-state index in [-0.39, 0.29) is 0 Å². The molecule has 2 atom stereocenters. The largest absolute Gasteiger partial charge is 0.369 e. The van der Waals surface area contributed by atoms with Gasteiger partial charge in [-0.25, -0.2) is 9.97 Å². The number of rotatable bonds is 2. The molecule has 2 unspecified atom stereocenters. The van der Waals surface area contributed by atoms with Gasteiger partial charge in [0.1, 0.15) is 6.33 Å². The number of pyridine rings is 1. The Morgan fingerprint density at radius 3 is 2.64 bits per heavy atom. The minimum Gasteiger partial charge on any atom is -0.369 e. The number of nitrogens with zero attached hydrogens (tertiary/aromatic N) is 5. The third kappa shape index (κ3) is 2.81. The van der Waals surface area contributed by atoms with E-state index in [2.05, 4.69) is 30.8 Å². The van der Waals surface area contributed by atoms with Crippen LogP contribution in [0, 0.1) is 5.92 Å². The maximum atomic E-state index is 4.44. The normalized spacial score (nSPS) is 24.8. The second-order valence-electron chi connectivity index (χ2n) is 6.31. The standard InChI is InChI=1S/C17H21N5/c1-2-14-11-21(3-1)4-5-22(12-14)17-6-15(7-18-10-17)16-8-19-13-20-9-16/h6-10,13-14H,1-5,11-12H2. The predicted octanol–water partition coefficient (Wildman–Crippen LogP) is 2.07. The van der Waals surface area contributed by atoms with Crippen molar-refractivity contribution in [1.82, 2.24) is 19.9 Å². The van der Waals surface area contributed by atoms with Crippen molar-refractivity contribution in [2.45, 2.75) is 12.8 Å². The van der Waals surface area contributed by atoms with Gasteiger partial charge in [0.2, 0.25) is 0 Å². The molecule has 2 aliphatic heterocycles. The molecule has 5 heteroatoms. The molecule has 0 amide bonds. The second kappa shape index (κ2) is 6.01. The molecule has 0 spiro atoms. The molecule has 2 aliphatic rings. The average molecular weight is 295 g/mol. The molecule has 2 bridgehead atoms. The maximum Gasteiger partial charge on any atom is 0.115 e. The summed E-state index contributed by atoms with van der Waals surface area (Å²) in [6, 6.07) is 2.22. The average Bonchev–Trinajstić information content (AvgIpc) is 2.74. The first-order chi connectivity index (χ1) is 10.9. The zero-order valence-electron chi connectivity index (χ0n) is 12.7. The van der Waals surface area contributed by atoms with Gasteiger partial charge in [-0.15, -0.1) is 0 Å². The third-order valence-electron chi connectivity index (χ3n) is 4.75. The van der Waals surface area contributed by atoms with Crippen LogP contribution in [0.2, 0.25) is 0 Å². The van der Waals surface area contributed by atoms with Crippen molar-refractivity contribution in [2.24, 2.45) is 5.92 Å². The van der Waals surface area contributed by atoms with Gasteiger partial charge in [-0.05, 0) is 31.4 Å². The molecule has 0 aliphatic carbocycles. The first-order valence-corrected chi connectivity index (χ1v) is 8.06.